The smallest absolute Gasteiger partial charge is 0.244 e. The molecule has 0 saturated carbocycles. The number of carbonyl (C=O) groups is 1. The van der Waals surface area contributed by atoms with Crippen LogP contribution in [0.2, 0.25) is 0 Å². The highest BCUT2D eigenvalue weighted by Gasteiger charge is 2.03. The Morgan fingerprint density at radius 3 is 2.29 bits per heavy atom. The van der Waals surface area contributed by atoms with Crippen LogP contribution in [0.1, 0.15) is 11.1 Å². The monoisotopic (exact) mass is 327 g/mol. The number of amides is 1. The molecule has 0 aliphatic carbocycles. The van der Waals surface area contributed by atoms with Crippen molar-refractivity contribution in [3.8, 4) is 17.2 Å². The van der Waals surface area contributed by atoms with Gasteiger partial charge in [-0.1, -0.05) is 18.2 Å². The van der Waals surface area contributed by atoms with Gasteiger partial charge in [0.25, 0.3) is 0 Å². The molecule has 0 bridgehead atoms. The van der Waals surface area contributed by atoms with Crippen molar-refractivity contribution < 1.29 is 19.0 Å². The van der Waals surface area contributed by atoms with Gasteiger partial charge < -0.3 is 19.5 Å². The molecule has 0 aliphatic heterocycles. The summed E-state index contributed by atoms with van der Waals surface area (Å²) in [5.41, 5.74) is 1.86. The van der Waals surface area contributed by atoms with Crippen molar-refractivity contribution in [1.29, 1.82) is 0 Å². The Kier molecular flexibility index (Phi) is 6.25. The van der Waals surface area contributed by atoms with Crippen molar-refractivity contribution >= 4 is 12.0 Å². The Morgan fingerprint density at radius 2 is 1.67 bits per heavy atom. The van der Waals surface area contributed by atoms with Gasteiger partial charge in [-0.25, -0.2) is 0 Å². The maximum absolute atomic E-state index is 11.9. The van der Waals surface area contributed by atoms with Gasteiger partial charge in [0, 0.05) is 12.6 Å². The summed E-state index contributed by atoms with van der Waals surface area (Å²) < 4.78 is 15.5. The lowest BCUT2D eigenvalue weighted by Gasteiger charge is -2.07. The van der Waals surface area contributed by atoms with Crippen molar-refractivity contribution in [1.82, 2.24) is 5.32 Å². The first-order chi connectivity index (χ1) is 11.7. The summed E-state index contributed by atoms with van der Waals surface area (Å²) in [5, 5.41) is 2.84. The Morgan fingerprint density at radius 1 is 0.958 bits per heavy atom. The molecule has 1 amide bonds. The van der Waals surface area contributed by atoms with E-state index in [4.69, 9.17) is 14.2 Å². The molecule has 24 heavy (non-hydrogen) atoms. The summed E-state index contributed by atoms with van der Waals surface area (Å²) in [6.45, 7) is 0.457. The minimum absolute atomic E-state index is 0.166. The summed E-state index contributed by atoms with van der Waals surface area (Å²) in [6.07, 6.45) is 3.22. The molecule has 0 radical (unpaired) electrons. The van der Waals surface area contributed by atoms with Gasteiger partial charge in [0.2, 0.25) is 5.91 Å². The summed E-state index contributed by atoms with van der Waals surface area (Å²) in [7, 11) is 4.78. The van der Waals surface area contributed by atoms with Gasteiger partial charge in [0.1, 0.15) is 5.75 Å². The van der Waals surface area contributed by atoms with Gasteiger partial charge in [0.15, 0.2) is 11.5 Å². The van der Waals surface area contributed by atoms with Gasteiger partial charge in [-0.3, -0.25) is 4.79 Å². The van der Waals surface area contributed by atoms with Crippen LogP contribution in [0.15, 0.2) is 48.5 Å². The zero-order valence-electron chi connectivity index (χ0n) is 14.0. The molecule has 2 aromatic rings. The fourth-order valence-corrected chi connectivity index (χ4v) is 2.12. The number of benzene rings is 2. The zero-order valence-corrected chi connectivity index (χ0v) is 14.0. The van der Waals surface area contributed by atoms with Gasteiger partial charge in [0.05, 0.1) is 21.3 Å². The molecule has 0 atom stereocenters. The Labute approximate surface area is 141 Å². The number of carbonyl (C=O) groups excluding carboxylic acids is 1. The van der Waals surface area contributed by atoms with Crippen molar-refractivity contribution in [3.05, 3.63) is 59.7 Å². The van der Waals surface area contributed by atoms with E-state index in [-0.39, 0.29) is 5.91 Å². The minimum atomic E-state index is -0.166. The van der Waals surface area contributed by atoms with Crippen LogP contribution < -0.4 is 19.5 Å². The molecule has 0 saturated heterocycles. The molecule has 2 aromatic carbocycles. The second kappa shape index (κ2) is 8.62. The Bertz CT molecular complexity index is 708. The van der Waals surface area contributed by atoms with E-state index in [2.05, 4.69) is 5.32 Å². The van der Waals surface area contributed by atoms with E-state index in [1.807, 2.05) is 36.4 Å². The molecule has 0 spiro atoms. The third-order valence-corrected chi connectivity index (χ3v) is 3.46. The molecule has 0 fully saturated rings. The first-order valence-corrected chi connectivity index (χ1v) is 7.47. The first kappa shape index (κ1) is 17.4. The lowest BCUT2D eigenvalue weighted by Crippen LogP contribution is -2.20. The third-order valence-electron chi connectivity index (χ3n) is 3.46. The van der Waals surface area contributed by atoms with Crippen molar-refractivity contribution in [2.45, 2.75) is 6.54 Å². The highest BCUT2D eigenvalue weighted by molar-refractivity contribution is 5.91. The zero-order chi connectivity index (χ0) is 17.4. The van der Waals surface area contributed by atoms with E-state index in [9.17, 15) is 4.79 Å². The van der Waals surface area contributed by atoms with Crippen LogP contribution >= 0.6 is 0 Å². The van der Waals surface area contributed by atoms with Crippen molar-refractivity contribution in [3.63, 3.8) is 0 Å². The lowest BCUT2D eigenvalue weighted by atomic mass is 10.2. The average Bonchev–Trinajstić information content (AvgIpc) is 2.64. The van der Waals surface area contributed by atoms with E-state index < -0.39 is 0 Å². The summed E-state index contributed by atoms with van der Waals surface area (Å²) >= 11 is 0. The predicted molar refractivity (Wildman–Crippen MR) is 93.4 cm³/mol. The Hall–Kier alpha value is -2.95. The van der Waals surface area contributed by atoms with E-state index >= 15 is 0 Å². The molecule has 0 aromatic heterocycles. The number of methoxy groups -OCH3 is 3. The topological polar surface area (TPSA) is 56.8 Å². The van der Waals surface area contributed by atoms with E-state index in [0.717, 1.165) is 16.9 Å². The number of rotatable bonds is 7. The van der Waals surface area contributed by atoms with Gasteiger partial charge >= 0.3 is 0 Å². The fraction of sp³-hybridized carbons (Fsp3) is 0.211. The van der Waals surface area contributed by atoms with E-state index in [1.54, 1.807) is 33.5 Å². The normalized spacial score (nSPS) is 10.5. The van der Waals surface area contributed by atoms with Crippen LogP contribution in [0.3, 0.4) is 0 Å². The van der Waals surface area contributed by atoms with Crippen LogP contribution in [-0.2, 0) is 11.3 Å². The molecule has 0 aliphatic rings. The fourth-order valence-electron chi connectivity index (χ4n) is 2.12. The average molecular weight is 327 g/mol. The van der Waals surface area contributed by atoms with Crippen molar-refractivity contribution in [2.24, 2.45) is 0 Å². The molecule has 5 nitrogen and oxygen atoms in total. The maximum Gasteiger partial charge on any atom is 0.244 e. The van der Waals surface area contributed by atoms with Crippen LogP contribution in [0.4, 0.5) is 0 Å². The summed E-state index contributed by atoms with van der Waals surface area (Å²) in [5.74, 6) is 1.90. The number of hydrogen-bond acceptors (Lipinski definition) is 4. The third kappa shape index (κ3) is 4.78. The number of nitrogens with one attached hydrogen (secondary N) is 1. The number of ether oxygens (including phenoxy) is 3. The highest BCUT2D eigenvalue weighted by Crippen LogP contribution is 2.27. The molecular formula is C19H21NO4. The molecule has 5 heteroatoms. The number of hydrogen-bond donors (Lipinski definition) is 1. The second-order valence-electron chi connectivity index (χ2n) is 5.01. The molecular weight excluding hydrogens is 306 g/mol. The summed E-state index contributed by atoms with van der Waals surface area (Å²) in [4.78, 5) is 11.9. The predicted octanol–water partition coefficient (Wildman–Crippen LogP) is 3.04. The van der Waals surface area contributed by atoms with Crippen LogP contribution in [0.5, 0.6) is 17.2 Å². The van der Waals surface area contributed by atoms with Crippen LogP contribution in [0.25, 0.3) is 6.08 Å². The van der Waals surface area contributed by atoms with E-state index in [0.29, 0.717) is 18.0 Å². The minimum Gasteiger partial charge on any atom is -0.497 e. The Balaban J connectivity index is 1.92. The maximum atomic E-state index is 11.9. The van der Waals surface area contributed by atoms with E-state index in [1.165, 1.54) is 6.08 Å². The molecule has 2 rings (SSSR count). The van der Waals surface area contributed by atoms with Crippen LogP contribution in [0, 0.1) is 0 Å². The highest BCUT2D eigenvalue weighted by atomic mass is 16.5. The van der Waals surface area contributed by atoms with Gasteiger partial charge in [-0.15, -0.1) is 0 Å². The first-order valence-electron chi connectivity index (χ1n) is 7.47. The molecule has 1 N–H and O–H groups in total. The van der Waals surface area contributed by atoms with Gasteiger partial charge in [-0.05, 0) is 41.5 Å². The standard InChI is InChI=1S/C19H21NO4/c1-22-16-8-4-15(5-9-16)13-20-19(21)11-7-14-6-10-17(23-2)18(12-14)24-3/h4-12H,13H2,1-3H3,(H,20,21)/b11-7+. The second-order valence-corrected chi connectivity index (χ2v) is 5.01. The van der Waals surface area contributed by atoms with Crippen molar-refractivity contribution in [2.75, 3.05) is 21.3 Å². The largest absolute Gasteiger partial charge is 0.497 e. The van der Waals surface area contributed by atoms with Crippen LogP contribution in [-0.4, -0.2) is 27.2 Å². The molecule has 0 unspecified atom stereocenters. The summed E-state index contributed by atoms with van der Waals surface area (Å²) in [6, 6.07) is 13.0. The lowest BCUT2D eigenvalue weighted by molar-refractivity contribution is -0.116. The SMILES string of the molecule is COc1ccc(CNC(=O)/C=C/c2ccc(OC)c(OC)c2)cc1. The molecule has 0 heterocycles. The quantitative estimate of drug-likeness (QED) is 0.794. The van der Waals surface area contributed by atoms with Gasteiger partial charge in [-0.2, -0.15) is 0 Å². The molecule has 126 valence electrons.